The van der Waals surface area contributed by atoms with Crippen LogP contribution in [0.2, 0.25) is 0 Å². The molecule has 3 heteroatoms. The summed E-state index contributed by atoms with van der Waals surface area (Å²) in [5, 5.41) is 8.74. The lowest BCUT2D eigenvalue weighted by Crippen LogP contribution is -2.14. The van der Waals surface area contributed by atoms with E-state index in [0.29, 0.717) is 0 Å². The molecule has 0 bridgehead atoms. The molecular weight excluding hydrogens is 152 g/mol. The monoisotopic (exact) mass is 164 g/mol. The van der Waals surface area contributed by atoms with Crippen LogP contribution in [0.15, 0.2) is 24.9 Å². The summed E-state index contributed by atoms with van der Waals surface area (Å²) < 4.78 is 0. The van der Waals surface area contributed by atoms with E-state index in [1.165, 1.54) is 0 Å². The van der Waals surface area contributed by atoms with Crippen LogP contribution < -0.4 is 5.73 Å². The zero-order valence-corrected chi connectivity index (χ0v) is 6.77. The third-order valence-corrected chi connectivity index (χ3v) is 1.64. The SMILES string of the molecule is C=Cc1ccc([C@H](N)CO)cn1. The fourth-order valence-electron chi connectivity index (χ4n) is 0.862. The minimum absolute atomic E-state index is 0.0604. The first-order valence-electron chi connectivity index (χ1n) is 3.72. The Labute approximate surface area is 71.6 Å². The summed E-state index contributed by atoms with van der Waals surface area (Å²) in [4.78, 5) is 4.06. The molecule has 3 nitrogen and oxygen atoms in total. The fourth-order valence-corrected chi connectivity index (χ4v) is 0.862. The molecule has 0 saturated carbocycles. The molecule has 12 heavy (non-hydrogen) atoms. The van der Waals surface area contributed by atoms with Crippen molar-refractivity contribution >= 4 is 6.08 Å². The van der Waals surface area contributed by atoms with Crippen LogP contribution in [0.1, 0.15) is 17.3 Å². The van der Waals surface area contributed by atoms with Crippen LogP contribution in [-0.2, 0) is 0 Å². The van der Waals surface area contributed by atoms with Gasteiger partial charge in [-0.15, -0.1) is 0 Å². The summed E-state index contributed by atoms with van der Waals surface area (Å²) in [6, 6.07) is 3.32. The molecule has 0 amide bonds. The standard InChI is InChI=1S/C9H12N2O/c1-2-8-4-3-7(5-11-8)9(10)6-12/h2-5,9,12H,1,6,10H2/t9-/m1/s1. The average molecular weight is 164 g/mol. The first-order valence-corrected chi connectivity index (χ1v) is 3.72. The smallest absolute Gasteiger partial charge is 0.0624 e. The molecule has 1 aromatic heterocycles. The number of hydrogen-bond acceptors (Lipinski definition) is 3. The van der Waals surface area contributed by atoms with E-state index in [2.05, 4.69) is 11.6 Å². The van der Waals surface area contributed by atoms with Gasteiger partial charge in [-0.3, -0.25) is 4.98 Å². The predicted octanol–water partition coefficient (Wildman–Crippen LogP) is 0.717. The molecule has 0 aliphatic rings. The quantitative estimate of drug-likeness (QED) is 0.692. The molecule has 0 spiro atoms. The Morgan fingerprint density at radius 3 is 2.83 bits per heavy atom. The number of pyridine rings is 1. The zero-order valence-electron chi connectivity index (χ0n) is 6.77. The summed E-state index contributed by atoms with van der Waals surface area (Å²) in [6.45, 7) is 3.52. The molecular formula is C9H12N2O. The highest BCUT2D eigenvalue weighted by Gasteiger charge is 2.02. The van der Waals surface area contributed by atoms with E-state index in [1.54, 1.807) is 12.3 Å². The number of aliphatic hydroxyl groups is 1. The summed E-state index contributed by atoms with van der Waals surface area (Å²) >= 11 is 0. The molecule has 0 fully saturated rings. The first kappa shape index (κ1) is 8.90. The third-order valence-electron chi connectivity index (χ3n) is 1.64. The second-order valence-electron chi connectivity index (χ2n) is 2.51. The van der Waals surface area contributed by atoms with Crippen molar-refractivity contribution < 1.29 is 5.11 Å². The molecule has 0 aliphatic heterocycles. The van der Waals surface area contributed by atoms with Crippen LogP contribution in [-0.4, -0.2) is 16.7 Å². The average Bonchev–Trinajstić information content (AvgIpc) is 2.17. The Morgan fingerprint density at radius 1 is 1.67 bits per heavy atom. The van der Waals surface area contributed by atoms with E-state index in [0.717, 1.165) is 11.3 Å². The Hall–Kier alpha value is -1.19. The summed E-state index contributed by atoms with van der Waals surface area (Å²) in [5.74, 6) is 0. The van der Waals surface area contributed by atoms with Gasteiger partial charge in [0, 0.05) is 6.20 Å². The van der Waals surface area contributed by atoms with Crippen molar-refractivity contribution in [3.05, 3.63) is 36.2 Å². The number of rotatable bonds is 3. The van der Waals surface area contributed by atoms with Gasteiger partial charge in [-0.05, 0) is 17.7 Å². The third kappa shape index (κ3) is 1.90. The molecule has 1 atom stereocenters. The lowest BCUT2D eigenvalue weighted by atomic mass is 10.1. The van der Waals surface area contributed by atoms with Gasteiger partial charge in [0.15, 0.2) is 0 Å². The van der Waals surface area contributed by atoms with Crippen molar-refractivity contribution in [2.45, 2.75) is 6.04 Å². The van der Waals surface area contributed by atoms with Gasteiger partial charge >= 0.3 is 0 Å². The van der Waals surface area contributed by atoms with Crippen molar-refractivity contribution in [3.63, 3.8) is 0 Å². The molecule has 0 radical (unpaired) electrons. The van der Waals surface area contributed by atoms with Crippen molar-refractivity contribution in [1.82, 2.24) is 4.98 Å². The molecule has 1 heterocycles. The Kier molecular flexibility index (Phi) is 2.96. The second-order valence-corrected chi connectivity index (χ2v) is 2.51. The number of aromatic nitrogens is 1. The van der Waals surface area contributed by atoms with E-state index >= 15 is 0 Å². The van der Waals surface area contributed by atoms with Gasteiger partial charge in [0.05, 0.1) is 18.3 Å². The minimum atomic E-state index is -0.337. The van der Waals surface area contributed by atoms with Crippen molar-refractivity contribution in [2.75, 3.05) is 6.61 Å². The van der Waals surface area contributed by atoms with Gasteiger partial charge in [0.1, 0.15) is 0 Å². The lowest BCUT2D eigenvalue weighted by Gasteiger charge is -2.06. The molecule has 64 valence electrons. The molecule has 0 saturated heterocycles. The summed E-state index contributed by atoms with van der Waals surface area (Å²) in [7, 11) is 0. The van der Waals surface area contributed by atoms with Crippen LogP contribution in [0.5, 0.6) is 0 Å². The molecule has 0 aromatic carbocycles. The predicted molar refractivity (Wildman–Crippen MR) is 48.3 cm³/mol. The van der Waals surface area contributed by atoms with Gasteiger partial charge in [-0.2, -0.15) is 0 Å². The maximum atomic E-state index is 8.74. The van der Waals surface area contributed by atoms with Crippen molar-refractivity contribution in [3.8, 4) is 0 Å². The number of nitrogens with zero attached hydrogens (tertiary/aromatic N) is 1. The Balaban J connectivity index is 2.84. The van der Waals surface area contributed by atoms with Crippen LogP contribution in [0.4, 0.5) is 0 Å². The molecule has 3 N–H and O–H groups in total. The van der Waals surface area contributed by atoms with E-state index in [9.17, 15) is 0 Å². The minimum Gasteiger partial charge on any atom is -0.394 e. The second kappa shape index (κ2) is 3.99. The maximum absolute atomic E-state index is 8.74. The normalized spacial score (nSPS) is 12.5. The number of nitrogens with two attached hydrogens (primary N) is 1. The fraction of sp³-hybridized carbons (Fsp3) is 0.222. The topological polar surface area (TPSA) is 59.1 Å². The van der Waals surface area contributed by atoms with Crippen LogP contribution in [0, 0.1) is 0 Å². The van der Waals surface area contributed by atoms with Crippen LogP contribution in [0.3, 0.4) is 0 Å². The Morgan fingerprint density at radius 2 is 2.42 bits per heavy atom. The molecule has 1 rings (SSSR count). The van der Waals surface area contributed by atoms with E-state index in [4.69, 9.17) is 10.8 Å². The van der Waals surface area contributed by atoms with Gasteiger partial charge in [-0.25, -0.2) is 0 Å². The highest BCUT2D eigenvalue weighted by Crippen LogP contribution is 2.08. The molecule has 1 aromatic rings. The van der Waals surface area contributed by atoms with Crippen LogP contribution >= 0.6 is 0 Å². The van der Waals surface area contributed by atoms with E-state index in [1.807, 2.05) is 12.1 Å². The number of hydrogen-bond donors (Lipinski definition) is 2. The van der Waals surface area contributed by atoms with E-state index in [-0.39, 0.29) is 12.6 Å². The highest BCUT2D eigenvalue weighted by molar-refractivity contribution is 5.41. The zero-order chi connectivity index (χ0) is 8.97. The highest BCUT2D eigenvalue weighted by atomic mass is 16.3. The van der Waals surface area contributed by atoms with Gasteiger partial charge in [0.2, 0.25) is 0 Å². The van der Waals surface area contributed by atoms with E-state index < -0.39 is 0 Å². The van der Waals surface area contributed by atoms with Gasteiger partial charge in [0.25, 0.3) is 0 Å². The van der Waals surface area contributed by atoms with Gasteiger partial charge in [-0.1, -0.05) is 12.6 Å². The number of aliphatic hydroxyl groups excluding tert-OH is 1. The van der Waals surface area contributed by atoms with Crippen molar-refractivity contribution in [2.24, 2.45) is 5.73 Å². The Bertz CT molecular complexity index is 256. The molecule has 0 aliphatic carbocycles. The lowest BCUT2D eigenvalue weighted by molar-refractivity contribution is 0.268. The van der Waals surface area contributed by atoms with Crippen LogP contribution in [0.25, 0.3) is 6.08 Å². The first-order chi connectivity index (χ1) is 5.77. The largest absolute Gasteiger partial charge is 0.394 e. The summed E-state index contributed by atoms with van der Waals surface area (Å²) in [6.07, 6.45) is 3.31. The van der Waals surface area contributed by atoms with Crippen molar-refractivity contribution in [1.29, 1.82) is 0 Å². The maximum Gasteiger partial charge on any atom is 0.0624 e. The van der Waals surface area contributed by atoms with Gasteiger partial charge < -0.3 is 10.8 Å². The molecule has 0 unspecified atom stereocenters. The summed E-state index contributed by atoms with van der Waals surface area (Å²) in [5.41, 5.74) is 7.22.